The molecular weight excluding hydrogens is 480 g/mol. The summed E-state index contributed by atoms with van der Waals surface area (Å²) in [6.07, 6.45) is 2.89. The number of anilines is 1. The molecule has 0 spiro atoms. The van der Waals surface area contributed by atoms with E-state index in [1.807, 2.05) is 61.5 Å². The summed E-state index contributed by atoms with van der Waals surface area (Å²) in [7, 11) is 0. The van der Waals surface area contributed by atoms with Crippen molar-refractivity contribution in [2.45, 2.75) is 32.4 Å². The second kappa shape index (κ2) is 11.4. The van der Waals surface area contributed by atoms with Gasteiger partial charge in [0.25, 0.3) is 5.91 Å². The summed E-state index contributed by atoms with van der Waals surface area (Å²) in [5.41, 5.74) is 4.03. The number of carbonyl (C=O) groups is 1. The number of benzene rings is 4. The summed E-state index contributed by atoms with van der Waals surface area (Å²) in [5, 5.41) is 8.73. The van der Waals surface area contributed by atoms with Gasteiger partial charge in [-0.1, -0.05) is 79.3 Å². The molecule has 2 N–H and O–H groups in total. The van der Waals surface area contributed by atoms with E-state index in [9.17, 15) is 4.79 Å². The maximum atomic E-state index is 12.6. The number of ether oxygens (including phenoxy) is 2. The van der Waals surface area contributed by atoms with Gasteiger partial charge in [-0.05, 0) is 71.1 Å². The molecule has 5 nitrogen and oxygen atoms in total. The normalized spacial score (nSPS) is 16.1. The molecule has 1 aliphatic heterocycles. The molecule has 1 saturated heterocycles. The maximum Gasteiger partial charge on any atom is 0.260 e. The minimum atomic E-state index is -0.221. The van der Waals surface area contributed by atoms with Gasteiger partial charge in [-0.2, -0.15) is 0 Å². The molecule has 4 aromatic carbocycles. The smallest absolute Gasteiger partial charge is 0.260 e. The Labute approximate surface area is 221 Å². The molecule has 6 heteroatoms. The quantitative estimate of drug-likeness (QED) is 0.238. The maximum absolute atomic E-state index is 12.6. The summed E-state index contributed by atoms with van der Waals surface area (Å²) in [6.45, 7) is 5.03. The summed E-state index contributed by atoms with van der Waals surface area (Å²) >= 11 is 1.47. The van der Waals surface area contributed by atoms with Crippen LogP contribution in [0.1, 0.15) is 30.5 Å². The van der Waals surface area contributed by atoms with Crippen molar-refractivity contribution >= 4 is 40.2 Å². The Hall–Kier alpha value is -3.90. The zero-order valence-corrected chi connectivity index (χ0v) is 21.8. The number of thioether (sulfide) groups is 1. The van der Waals surface area contributed by atoms with Gasteiger partial charge in [0.05, 0.1) is 11.5 Å². The molecular formula is C31H30N2O3S. The van der Waals surface area contributed by atoms with Crippen LogP contribution in [0.2, 0.25) is 0 Å². The number of fused-ring (bicyclic) bond motifs is 1. The minimum absolute atomic E-state index is 0.0954. The van der Waals surface area contributed by atoms with E-state index in [0.717, 1.165) is 23.2 Å². The monoisotopic (exact) mass is 510 g/mol. The van der Waals surface area contributed by atoms with Crippen molar-refractivity contribution in [2.75, 3.05) is 11.9 Å². The van der Waals surface area contributed by atoms with Crippen molar-refractivity contribution in [2.24, 2.45) is 0 Å². The number of hydrogen-bond acceptors (Lipinski definition) is 5. The minimum Gasteiger partial charge on any atom is -0.490 e. The van der Waals surface area contributed by atoms with Crippen LogP contribution in [-0.4, -0.2) is 18.0 Å². The number of rotatable bonds is 9. The van der Waals surface area contributed by atoms with Gasteiger partial charge in [-0.25, -0.2) is 0 Å². The van der Waals surface area contributed by atoms with E-state index in [1.54, 1.807) is 0 Å². The number of aryl methyl sites for hydroxylation is 1. The van der Waals surface area contributed by atoms with E-state index in [4.69, 9.17) is 9.47 Å². The first kappa shape index (κ1) is 24.8. The Kier molecular flexibility index (Phi) is 7.66. The molecule has 4 aromatic rings. The Balaban J connectivity index is 1.29. The molecule has 37 heavy (non-hydrogen) atoms. The predicted octanol–water partition coefficient (Wildman–Crippen LogP) is 6.98. The lowest BCUT2D eigenvalue weighted by Gasteiger charge is -2.14. The zero-order valence-electron chi connectivity index (χ0n) is 21.0. The lowest BCUT2D eigenvalue weighted by molar-refractivity contribution is -0.116. The number of carbonyl (C=O) groups excluding carboxylic acids is 1. The predicted molar refractivity (Wildman–Crippen MR) is 153 cm³/mol. The highest BCUT2D eigenvalue weighted by atomic mass is 32.2. The van der Waals surface area contributed by atoms with Crippen molar-refractivity contribution < 1.29 is 14.3 Å². The van der Waals surface area contributed by atoms with E-state index in [2.05, 4.69) is 54.0 Å². The van der Waals surface area contributed by atoms with Crippen molar-refractivity contribution in [3.63, 3.8) is 0 Å². The molecule has 1 fully saturated rings. The lowest BCUT2D eigenvalue weighted by atomic mass is 10.1. The lowest BCUT2D eigenvalue weighted by Crippen LogP contribution is -2.30. The summed E-state index contributed by atoms with van der Waals surface area (Å²) in [4.78, 5) is 13.3. The van der Waals surface area contributed by atoms with Crippen molar-refractivity contribution in [3.8, 4) is 11.5 Å². The number of hydrogen-bond donors (Lipinski definition) is 2. The molecule has 0 bridgehead atoms. The van der Waals surface area contributed by atoms with Crippen molar-refractivity contribution in [1.29, 1.82) is 0 Å². The highest BCUT2D eigenvalue weighted by Gasteiger charge is 2.27. The second-order valence-electron chi connectivity index (χ2n) is 8.74. The third-order valence-corrected chi connectivity index (χ3v) is 7.25. The fraction of sp³-hybridized carbons (Fsp3) is 0.194. The summed E-state index contributed by atoms with van der Waals surface area (Å²) in [5.74, 6) is 1.24. The highest BCUT2D eigenvalue weighted by molar-refractivity contribution is 8.05. The number of nitrogens with one attached hydrogen (secondary N) is 2. The molecule has 0 radical (unpaired) electrons. The summed E-state index contributed by atoms with van der Waals surface area (Å²) < 4.78 is 12.1. The van der Waals surface area contributed by atoms with Gasteiger partial charge in [-0.3, -0.25) is 4.79 Å². The van der Waals surface area contributed by atoms with Crippen LogP contribution < -0.4 is 20.1 Å². The van der Waals surface area contributed by atoms with E-state index < -0.39 is 0 Å². The first-order valence-electron chi connectivity index (χ1n) is 12.5. The fourth-order valence-corrected chi connectivity index (χ4v) is 5.27. The van der Waals surface area contributed by atoms with Crippen LogP contribution in [0.3, 0.4) is 0 Å². The van der Waals surface area contributed by atoms with Gasteiger partial charge >= 0.3 is 0 Å². The largest absolute Gasteiger partial charge is 0.490 e. The second-order valence-corrected chi connectivity index (χ2v) is 9.89. The van der Waals surface area contributed by atoms with Crippen LogP contribution in [0, 0.1) is 0 Å². The van der Waals surface area contributed by atoms with Crippen LogP contribution in [0.5, 0.6) is 11.5 Å². The molecule has 1 atom stereocenters. The van der Waals surface area contributed by atoms with Gasteiger partial charge in [0.2, 0.25) is 0 Å². The van der Waals surface area contributed by atoms with Gasteiger partial charge in [0.1, 0.15) is 6.61 Å². The Morgan fingerprint density at radius 1 is 0.919 bits per heavy atom. The van der Waals surface area contributed by atoms with Crippen LogP contribution in [-0.2, 0) is 17.8 Å². The van der Waals surface area contributed by atoms with Crippen LogP contribution in [0.15, 0.2) is 89.8 Å². The molecule has 5 rings (SSSR count). The van der Waals surface area contributed by atoms with E-state index in [0.29, 0.717) is 29.6 Å². The van der Waals surface area contributed by atoms with Crippen molar-refractivity contribution in [1.82, 2.24) is 5.32 Å². The van der Waals surface area contributed by atoms with E-state index >= 15 is 0 Å². The topological polar surface area (TPSA) is 59.6 Å². The average Bonchev–Trinajstić information content (AvgIpc) is 3.26. The molecule has 0 aliphatic carbocycles. The Morgan fingerprint density at radius 2 is 1.73 bits per heavy atom. The summed E-state index contributed by atoms with van der Waals surface area (Å²) in [6, 6.07) is 28.6. The van der Waals surface area contributed by atoms with E-state index in [1.165, 1.54) is 28.1 Å². The fourth-order valence-electron chi connectivity index (χ4n) is 4.28. The number of amides is 1. The van der Waals surface area contributed by atoms with E-state index in [-0.39, 0.29) is 11.4 Å². The molecule has 188 valence electrons. The Morgan fingerprint density at radius 3 is 2.54 bits per heavy atom. The van der Waals surface area contributed by atoms with Gasteiger partial charge < -0.3 is 20.1 Å². The highest BCUT2D eigenvalue weighted by Crippen LogP contribution is 2.34. The van der Waals surface area contributed by atoms with Gasteiger partial charge in [0.15, 0.2) is 17.0 Å². The Bertz CT molecular complexity index is 1430. The molecule has 0 saturated carbocycles. The molecule has 1 amide bonds. The molecule has 1 aliphatic rings. The third kappa shape index (κ3) is 5.92. The zero-order chi connectivity index (χ0) is 25.6. The molecule has 0 aromatic heterocycles. The third-order valence-electron chi connectivity index (χ3n) is 6.22. The van der Waals surface area contributed by atoms with Gasteiger partial charge in [-0.15, -0.1) is 0 Å². The molecule has 1 heterocycles. The SMILES string of the molecule is CCOc1cc(/C=C2\S[C@@H](Nc3ccc(CC)cc3)NC2=O)ccc1OCc1cccc2ccccc12. The van der Waals surface area contributed by atoms with Crippen molar-refractivity contribution in [3.05, 3.63) is 107 Å². The first-order valence-corrected chi connectivity index (χ1v) is 13.4. The van der Waals surface area contributed by atoms with Crippen LogP contribution in [0.4, 0.5) is 5.69 Å². The average molecular weight is 511 g/mol. The first-order chi connectivity index (χ1) is 18.1. The van der Waals surface area contributed by atoms with Crippen LogP contribution >= 0.6 is 11.8 Å². The van der Waals surface area contributed by atoms with Gasteiger partial charge in [0, 0.05) is 5.69 Å². The molecule has 0 unspecified atom stereocenters. The standard InChI is InChI=1S/C31H30N2O3S/c1-3-21-12-15-25(16-13-21)32-31-33-30(34)29(37-31)19-22-14-17-27(28(18-22)35-4-2)36-20-24-10-7-9-23-8-5-6-11-26(23)24/h5-19,31-32H,3-4,20H2,1-2H3,(H,33,34)/b29-19-/t31-/m0/s1. The van der Waals surface area contributed by atoms with Crippen LogP contribution in [0.25, 0.3) is 16.8 Å².